The van der Waals surface area contributed by atoms with Gasteiger partial charge in [0.15, 0.2) is 0 Å². The van der Waals surface area contributed by atoms with E-state index in [0.717, 1.165) is 10.3 Å². The summed E-state index contributed by atoms with van der Waals surface area (Å²) in [5.41, 5.74) is 2.56. The third-order valence-electron chi connectivity index (χ3n) is 3.72. The predicted octanol–water partition coefficient (Wildman–Crippen LogP) is 4.20. The molecule has 0 aliphatic heterocycles. The van der Waals surface area contributed by atoms with Gasteiger partial charge in [-0.1, -0.05) is 35.9 Å². The number of nitrogens with zero attached hydrogens (tertiary/aromatic N) is 1. The molecule has 0 fully saturated rings. The Kier molecular flexibility index (Phi) is 4.49. The highest BCUT2D eigenvalue weighted by molar-refractivity contribution is 6.31. The minimum atomic E-state index is -0.348. The van der Waals surface area contributed by atoms with E-state index in [1.54, 1.807) is 43.3 Å². The van der Waals surface area contributed by atoms with E-state index in [2.05, 4.69) is 5.32 Å². The van der Waals surface area contributed by atoms with E-state index in [1.807, 2.05) is 30.3 Å². The highest BCUT2D eigenvalue weighted by Crippen LogP contribution is 2.19. The summed E-state index contributed by atoms with van der Waals surface area (Å²) >= 11 is 5.91. The number of pyridine rings is 1. The zero-order valence-corrected chi connectivity index (χ0v) is 13.7. The molecule has 0 saturated carbocycles. The topological polar surface area (TPSA) is 56.0 Å². The molecule has 0 spiro atoms. The van der Waals surface area contributed by atoms with Gasteiger partial charge in [-0.3, -0.25) is 4.79 Å². The number of halogens is 1. The van der Waals surface area contributed by atoms with Crippen LogP contribution >= 0.6 is 11.6 Å². The summed E-state index contributed by atoms with van der Waals surface area (Å²) in [6, 6.07) is 19.5. The Labute approximate surface area is 144 Å². The van der Waals surface area contributed by atoms with Gasteiger partial charge >= 0.3 is 0 Å². The molecule has 24 heavy (non-hydrogen) atoms. The number of rotatable bonds is 3. The summed E-state index contributed by atoms with van der Waals surface area (Å²) in [4.78, 5) is 12.4. The summed E-state index contributed by atoms with van der Waals surface area (Å²) in [7, 11) is 0. The third kappa shape index (κ3) is 3.24. The van der Waals surface area contributed by atoms with E-state index in [0.29, 0.717) is 27.7 Å². The summed E-state index contributed by atoms with van der Waals surface area (Å²) < 4.78 is 0.780. The van der Waals surface area contributed by atoms with Gasteiger partial charge in [0, 0.05) is 29.3 Å². The molecule has 0 atom stereocenters. The first-order valence-electron chi connectivity index (χ1n) is 7.42. The minimum absolute atomic E-state index is 0.324. The second kappa shape index (κ2) is 6.72. The lowest BCUT2D eigenvalue weighted by atomic mass is 10.1. The standard InChI is InChI=1S/C19H15ClN2O2/c1-13-17(19(23)21-16-9-5-8-15(20)12-16)10-11-18(22(13)24)14-6-3-2-4-7-14/h2-12H,1H3,(H,21,23). The Morgan fingerprint density at radius 1 is 1.04 bits per heavy atom. The Bertz CT molecular complexity index is 895. The van der Waals surface area contributed by atoms with Gasteiger partial charge in [0.2, 0.25) is 11.4 Å². The molecule has 0 bridgehead atoms. The minimum Gasteiger partial charge on any atom is -0.618 e. The van der Waals surface area contributed by atoms with E-state index in [9.17, 15) is 10.0 Å². The van der Waals surface area contributed by atoms with Gasteiger partial charge in [-0.2, -0.15) is 4.73 Å². The molecule has 0 aliphatic rings. The lowest BCUT2D eigenvalue weighted by Crippen LogP contribution is -2.35. The number of amides is 1. The normalized spacial score (nSPS) is 10.4. The van der Waals surface area contributed by atoms with Crippen LogP contribution in [0.3, 0.4) is 0 Å². The molecule has 0 saturated heterocycles. The molecule has 1 aromatic heterocycles. The van der Waals surface area contributed by atoms with Crippen LogP contribution in [0.5, 0.6) is 0 Å². The lowest BCUT2D eigenvalue weighted by Gasteiger charge is -2.11. The largest absolute Gasteiger partial charge is 0.618 e. The van der Waals surface area contributed by atoms with Crippen LogP contribution in [-0.2, 0) is 0 Å². The molecule has 4 nitrogen and oxygen atoms in total. The van der Waals surface area contributed by atoms with Crippen molar-refractivity contribution in [1.82, 2.24) is 0 Å². The van der Waals surface area contributed by atoms with Crippen molar-refractivity contribution in [3.8, 4) is 11.3 Å². The number of carbonyl (C=O) groups is 1. The fourth-order valence-electron chi connectivity index (χ4n) is 2.47. The Morgan fingerprint density at radius 3 is 2.50 bits per heavy atom. The van der Waals surface area contributed by atoms with Crippen molar-refractivity contribution >= 4 is 23.2 Å². The maximum Gasteiger partial charge on any atom is 0.262 e. The maximum atomic E-state index is 12.5. The van der Waals surface area contributed by atoms with Gasteiger partial charge in [-0.05, 0) is 36.4 Å². The summed E-state index contributed by atoms with van der Waals surface area (Å²) in [5.74, 6) is -0.348. The summed E-state index contributed by atoms with van der Waals surface area (Å²) in [6.45, 7) is 1.63. The van der Waals surface area contributed by atoms with Crippen LogP contribution in [0.2, 0.25) is 5.02 Å². The monoisotopic (exact) mass is 338 g/mol. The van der Waals surface area contributed by atoms with Crippen molar-refractivity contribution in [2.75, 3.05) is 5.32 Å². The molecule has 3 rings (SSSR count). The quantitative estimate of drug-likeness (QED) is 0.574. The molecule has 2 aromatic carbocycles. The predicted molar refractivity (Wildman–Crippen MR) is 95.0 cm³/mol. The smallest absolute Gasteiger partial charge is 0.262 e. The lowest BCUT2D eigenvalue weighted by molar-refractivity contribution is -0.600. The first-order valence-corrected chi connectivity index (χ1v) is 7.79. The number of hydrogen-bond donors (Lipinski definition) is 1. The molecular formula is C19H15ClN2O2. The molecular weight excluding hydrogens is 324 g/mol. The average Bonchev–Trinajstić information content (AvgIpc) is 2.58. The zero-order chi connectivity index (χ0) is 17.1. The number of carbonyl (C=O) groups excluding carboxylic acids is 1. The highest BCUT2D eigenvalue weighted by Gasteiger charge is 2.19. The molecule has 5 heteroatoms. The summed E-state index contributed by atoms with van der Waals surface area (Å²) in [5, 5.41) is 15.8. The van der Waals surface area contributed by atoms with Crippen LogP contribution in [0.15, 0.2) is 66.7 Å². The molecule has 1 heterocycles. The van der Waals surface area contributed by atoms with Gasteiger partial charge in [0.25, 0.3) is 5.91 Å². The van der Waals surface area contributed by atoms with Gasteiger partial charge in [0.1, 0.15) is 5.56 Å². The van der Waals surface area contributed by atoms with E-state index in [-0.39, 0.29) is 5.91 Å². The van der Waals surface area contributed by atoms with Gasteiger partial charge in [0.05, 0.1) is 0 Å². The molecule has 0 aliphatic carbocycles. The third-order valence-corrected chi connectivity index (χ3v) is 3.95. The van der Waals surface area contributed by atoms with Crippen LogP contribution in [0.25, 0.3) is 11.3 Å². The van der Waals surface area contributed by atoms with Crippen LogP contribution in [0.1, 0.15) is 16.1 Å². The number of anilines is 1. The van der Waals surface area contributed by atoms with Crippen molar-refractivity contribution in [2.45, 2.75) is 6.92 Å². The Morgan fingerprint density at radius 2 is 1.79 bits per heavy atom. The van der Waals surface area contributed by atoms with Crippen LogP contribution in [0.4, 0.5) is 5.69 Å². The molecule has 120 valence electrons. The van der Waals surface area contributed by atoms with E-state index in [1.165, 1.54) is 0 Å². The first-order chi connectivity index (χ1) is 11.6. The number of hydrogen-bond acceptors (Lipinski definition) is 2. The molecule has 1 N–H and O–H groups in total. The number of benzene rings is 2. The van der Waals surface area contributed by atoms with Gasteiger partial charge < -0.3 is 10.5 Å². The highest BCUT2D eigenvalue weighted by atomic mass is 35.5. The van der Waals surface area contributed by atoms with Crippen LogP contribution < -0.4 is 10.0 Å². The SMILES string of the molecule is Cc1c(C(=O)Nc2cccc(Cl)c2)ccc(-c2ccccc2)[n+]1[O-]. The van der Waals surface area contributed by atoms with Crippen molar-refractivity contribution in [3.63, 3.8) is 0 Å². The number of aromatic nitrogens is 1. The van der Waals surface area contributed by atoms with Crippen molar-refractivity contribution in [1.29, 1.82) is 0 Å². The fourth-order valence-corrected chi connectivity index (χ4v) is 2.66. The second-order valence-electron chi connectivity index (χ2n) is 5.34. The average molecular weight is 339 g/mol. The first kappa shape index (κ1) is 16.0. The Hall–Kier alpha value is -2.85. The Balaban J connectivity index is 1.92. The van der Waals surface area contributed by atoms with Crippen molar-refractivity contribution < 1.29 is 9.52 Å². The molecule has 3 aromatic rings. The van der Waals surface area contributed by atoms with Crippen LogP contribution in [0, 0.1) is 12.1 Å². The second-order valence-corrected chi connectivity index (χ2v) is 5.78. The van der Waals surface area contributed by atoms with E-state index < -0.39 is 0 Å². The summed E-state index contributed by atoms with van der Waals surface area (Å²) in [6.07, 6.45) is 0. The van der Waals surface area contributed by atoms with Crippen molar-refractivity contribution in [3.05, 3.63) is 88.2 Å². The maximum absolute atomic E-state index is 12.5. The van der Waals surface area contributed by atoms with E-state index >= 15 is 0 Å². The molecule has 1 amide bonds. The van der Waals surface area contributed by atoms with Gasteiger partial charge in [-0.25, -0.2) is 0 Å². The molecule has 0 unspecified atom stereocenters. The van der Waals surface area contributed by atoms with Crippen LogP contribution in [-0.4, -0.2) is 5.91 Å². The van der Waals surface area contributed by atoms with E-state index in [4.69, 9.17) is 11.6 Å². The van der Waals surface area contributed by atoms with Crippen molar-refractivity contribution in [2.24, 2.45) is 0 Å². The van der Waals surface area contributed by atoms with Gasteiger partial charge in [-0.15, -0.1) is 0 Å². The zero-order valence-electron chi connectivity index (χ0n) is 13.0. The fraction of sp³-hybridized carbons (Fsp3) is 0.0526. The molecule has 0 radical (unpaired) electrons. The number of nitrogens with one attached hydrogen (secondary N) is 1.